The maximum Gasteiger partial charge on any atom is 0.472 e. The number of amides is 1. The molecule has 0 heterocycles. The van der Waals surface area contributed by atoms with E-state index in [9.17, 15) is 19.0 Å². The van der Waals surface area contributed by atoms with Crippen LogP contribution < -0.4 is 5.32 Å². The van der Waals surface area contributed by atoms with Gasteiger partial charge in [-0.05, 0) is 89.5 Å². The molecular weight excluding hydrogens is 856 g/mol. The Morgan fingerprint density at radius 3 is 1.45 bits per heavy atom. The molecule has 9 nitrogen and oxygen atoms in total. The molecule has 0 spiro atoms. The maximum absolute atomic E-state index is 13.4. The van der Waals surface area contributed by atoms with Gasteiger partial charge in [-0.25, -0.2) is 4.57 Å². The number of unbranched alkanes of at least 4 members (excludes halogenated alkanes) is 25. The summed E-state index contributed by atoms with van der Waals surface area (Å²) in [7, 11) is 1.48. The third kappa shape index (κ3) is 48.5. The van der Waals surface area contributed by atoms with Gasteiger partial charge in [0.2, 0.25) is 5.91 Å². The van der Waals surface area contributed by atoms with Crippen molar-refractivity contribution in [2.45, 2.75) is 251 Å². The number of ether oxygens (including phenoxy) is 1. The predicted octanol–water partition coefficient (Wildman–Crippen LogP) is 16.3. The fourth-order valence-electron chi connectivity index (χ4n) is 7.57. The molecule has 390 valence electrons. The summed E-state index contributed by atoms with van der Waals surface area (Å²) >= 11 is 0. The van der Waals surface area contributed by atoms with Crippen molar-refractivity contribution in [2.24, 2.45) is 0 Å². The van der Waals surface area contributed by atoms with Gasteiger partial charge >= 0.3 is 13.8 Å². The van der Waals surface area contributed by atoms with Crippen LogP contribution in [0.25, 0.3) is 0 Å². The summed E-state index contributed by atoms with van der Waals surface area (Å²) in [4.78, 5) is 37.4. The molecule has 10 heteroatoms. The van der Waals surface area contributed by atoms with Crippen LogP contribution in [0.1, 0.15) is 239 Å². The zero-order valence-corrected chi connectivity index (χ0v) is 45.3. The monoisotopic (exact) mass is 962 g/mol. The van der Waals surface area contributed by atoms with Crippen LogP contribution in [0.4, 0.5) is 0 Å². The van der Waals surface area contributed by atoms with E-state index in [0.717, 1.165) is 109 Å². The first-order valence-electron chi connectivity index (χ1n) is 27.6. The van der Waals surface area contributed by atoms with Gasteiger partial charge in [0, 0.05) is 12.8 Å². The third-order valence-electron chi connectivity index (χ3n) is 11.9. The van der Waals surface area contributed by atoms with Crippen LogP contribution in [0, 0.1) is 0 Å². The Morgan fingerprint density at radius 2 is 0.925 bits per heavy atom. The fraction of sp³-hybridized carbons (Fsp3) is 0.789. The first-order valence-corrected chi connectivity index (χ1v) is 29.1. The summed E-state index contributed by atoms with van der Waals surface area (Å²) in [6.45, 7) is 6.91. The summed E-state index contributed by atoms with van der Waals surface area (Å²) in [5, 5.41) is 3.03. The Balaban J connectivity index is 5.33. The minimum absolute atomic E-state index is 0.0348. The number of nitrogens with one attached hydrogen (secondary N) is 1. The van der Waals surface area contributed by atoms with E-state index in [1.165, 1.54) is 96.3 Å². The highest BCUT2D eigenvalue weighted by Crippen LogP contribution is 2.43. The molecule has 0 aromatic carbocycles. The van der Waals surface area contributed by atoms with Gasteiger partial charge in [-0.2, -0.15) is 0 Å². The minimum Gasteiger partial charge on any atom is -0.456 e. The van der Waals surface area contributed by atoms with Gasteiger partial charge in [0.25, 0.3) is 0 Å². The van der Waals surface area contributed by atoms with E-state index >= 15 is 0 Å². The highest BCUT2D eigenvalue weighted by molar-refractivity contribution is 7.47. The molecule has 0 bridgehead atoms. The van der Waals surface area contributed by atoms with Gasteiger partial charge in [0.05, 0.1) is 33.8 Å². The molecule has 0 saturated carbocycles. The standard InChI is InChI=1S/C57H105N2O7P/c1-7-10-13-16-19-22-25-26-27-28-29-30-31-32-35-38-41-44-47-50-57(61)66-55(48-45-42-39-36-33-23-20-17-14-11-8-2)54(53-65-67(62,63)64-52-51-59(4,5)6)58-56(60)49-46-43-40-37-34-24-21-18-15-12-9-3/h18-19,21-22,26-27,29-30,45,48,54-55H,7-17,20,23-25,28,31-44,46-47,49-53H2,1-6H3,(H-,58,60,62,63)/p+1/b21-18-,22-19-,27-26-,30-29-,48-45-. The number of carbonyl (C=O) groups excluding carboxylic acids is 2. The number of nitrogens with zero attached hydrogens (tertiary/aromatic N) is 1. The molecule has 3 unspecified atom stereocenters. The van der Waals surface area contributed by atoms with E-state index in [1.807, 2.05) is 33.3 Å². The van der Waals surface area contributed by atoms with E-state index in [1.54, 1.807) is 0 Å². The number of phosphoric acid groups is 1. The summed E-state index contributed by atoms with van der Waals surface area (Å²) in [5.74, 6) is -0.533. The summed E-state index contributed by atoms with van der Waals surface area (Å²) < 4.78 is 30.5. The van der Waals surface area contributed by atoms with Gasteiger partial charge in [0.15, 0.2) is 0 Å². The SMILES string of the molecule is CCCC/C=C\CCCCCCCC(=O)NC(COP(=O)(O)OCC[N+](C)(C)C)C(/C=C\CCCCCCCCCCC)OC(=O)CCCCCCCC/C=C\C/C=C\C/C=C\CCCCC. The van der Waals surface area contributed by atoms with Gasteiger partial charge in [-0.1, -0.05) is 197 Å². The third-order valence-corrected chi connectivity index (χ3v) is 12.9. The molecule has 0 aliphatic rings. The molecule has 3 atom stereocenters. The van der Waals surface area contributed by atoms with E-state index in [-0.39, 0.29) is 31.5 Å². The van der Waals surface area contributed by atoms with Crippen LogP contribution in [0.15, 0.2) is 60.8 Å². The number of hydrogen-bond donors (Lipinski definition) is 2. The van der Waals surface area contributed by atoms with Crippen LogP contribution in [0.3, 0.4) is 0 Å². The van der Waals surface area contributed by atoms with Crippen LogP contribution in [0.2, 0.25) is 0 Å². The Hall–Kier alpha value is -2.29. The average Bonchev–Trinajstić information content (AvgIpc) is 3.28. The van der Waals surface area contributed by atoms with E-state index in [2.05, 4.69) is 74.7 Å². The first-order chi connectivity index (χ1) is 32.4. The van der Waals surface area contributed by atoms with E-state index < -0.39 is 20.0 Å². The molecule has 0 aromatic rings. The normalized spacial score (nSPS) is 14.3. The molecule has 0 radical (unpaired) electrons. The van der Waals surface area contributed by atoms with Crippen molar-refractivity contribution >= 4 is 19.7 Å². The van der Waals surface area contributed by atoms with Gasteiger partial charge in [0.1, 0.15) is 19.3 Å². The van der Waals surface area contributed by atoms with Crippen molar-refractivity contribution in [1.29, 1.82) is 0 Å². The molecular formula is C57H106N2O7P+. The molecule has 0 fully saturated rings. The second kappa shape index (κ2) is 47.4. The van der Waals surface area contributed by atoms with Crippen molar-refractivity contribution in [3.63, 3.8) is 0 Å². The quantitative estimate of drug-likeness (QED) is 0.0205. The Labute approximate surface area is 413 Å². The van der Waals surface area contributed by atoms with Crippen LogP contribution in [0.5, 0.6) is 0 Å². The largest absolute Gasteiger partial charge is 0.472 e. The molecule has 0 aliphatic heterocycles. The zero-order valence-electron chi connectivity index (χ0n) is 44.4. The first kappa shape index (κ1) is 64.7. The van der Waals surface area contributed by atoms with E-state index in [0.29, 0.717) is 17.4 Å². The summed E-state index contributed by atoms with van der Waals surface area (Å²) in [6.07, 6.45) is 57.8. The number of rotatable bonds is 49. The summed E-state index contributed by atoms with van der Waals surface area (Å²) in [5.41, 5.74) is 0. The average molecular weight is 962 g/mol. The number of allylic oxidation sites excluding steroid dienone is 9. The number of carbonyl (C=O) groups is 2. The van der Waals surface area contributed by atoms with Crippen molar-refractivity contribution in [3.05, 3.63) is 60.8 Å². The predicted molar refractivity (Wildman–Crippen MR) is 286 cm³/mol. The maximum atomic E-state index is 13.4. The smallest absolute Gasteiger partial charge is 0.456 e. The molecule has 2 N–H and O–H groups in total. The molecule has 0 aromatic heterocycles. The molecule has 0 rings (SSSR count). The Morgan fingerprint density at radius 1 is 0.522 bits per heavy atom. The molecule has 67 heavy (non-hydrogen) atoms. The number of likely N-dealkylation sites (N-methyl/N-ethyl adjacent to an activating group) is 1. The number of phosphoric ester groups is 1. The van der Waals surface area contributed by atoms with Crippen molar-refractivity contribution in [3.8, 4) is 0 Å². The molecule has 0 saturated heterocycles. The molecule has 1 amide bonds. The lowest BCUT2D eigenvalue weighted by molar-refractivity contribution is -0.870. The Kier molecular flexibility index (Phi) is 45.8. The second-order valence-corrected chi connectivity index (χ2v) is 21.2. The van der Waals surface area contributed by atoms with Gasteiger partial charge < -0.3 is 19.4 Å². The number of quaternary nitrogens is 1. The van der Waals surface area contributed by atoms with Crippen molar-refractivity contribution in [2.75, 3.05) is 40.9 Å². The highest BCUT2D eigenvalue weighted by Gasteiger charge is 2.30. The van der Waals surface area contributed by atoms with E-state index in [4.69, 9.17) is 13.8 Å². The van der Waals surface area contributed by atoms with Gasteiger partial charge in [-0.3, -0.25) is 18.6 Å². The van der Waals surface area contributed by atoms with Crippen molar-refractivity contribution in [1.82, 2.24) is 5.32 Å². The number of hydrogen-bond acceptors (Lipinski definition) is 6. The second-order valence-electron chi connectivity index (χ2n) is 19.7. The van der Waals surface area contributed by atoms with Crippen LogP contribution in [-0.4, -0.2) is 74.3 Å². The Bertz CT molecular complexity index is 1340. The summed E-state index contributed by atoms with van der Waals surface area (Å²) in [6, 6.07) is -0.856. The lowest BCUT2D eigenvalue weighted by atomic mass is 10.1. The highest BCUT2D eigenvalue weighted by atomic mass is 31.2. The van der Waals surface area contributed by atoms with Gasteiger partial charge in [-0.15, -0.1) is 0 Å². The lowest BCUT2D eigenvalue weighted by Gasteiger charge is -2.27. The number of esters is 1. The molecule has 0 aliphatic carbocycles. The zero-order chi connectivity index (χ0) is 49.4. The van der Waals surface area contributed by atoms with Crippen LogP contribution >= 0.6 is 7.82 Å². The fourth-order valence-corrected chi connectivity index (χ4v) is 8.31. The van der Waals surface area contributed by atoms with Crippen molar-refractivity contribution < 1.29 is 37.3 Å². The topological polar surface area (TPSA) is 111 Å². The minimum atomic E-state index is -4.44. The van der Waals surface area contributed by atoms with Crippen LogP contribution in [-0.2, 0) is 27.9 Å². The lowest BCUT2D eigenvalue weighted by Crippen LogP contribution is -2.47.